The molecule has 1 aromatic rings. The van der Waals surface area contributed by atoms with Crippen molar-refractivity contribution in [2.75, 3.05) is 0 Å². The summed E-state index contributed by atoms with van der Waals surface area (Å²) in [5.74, 6) is 0. The summed E-state index contributed by atoms with van der Waals surface area (Å²) in [5.41, 5.74) is 1.08. The molecule has 1 aromatic carbocycles. The van der Waals surface area contributed by atoms with E-state index >= 15 is 0 Å². The van der Waals surface area contributed by atoms with E-state index in [0.29, 0.717) is 19.3 Å². The van der Waals surface area contributed by atoms with Gasteiger partial charge in [-0.15, -0.1) is 0 Å². The van der Waals surface area contributed by atoms with Crippen LogP contribution in [0.25, 0.3) is 0 Å². The first kappa shape index (κ1) is 12.0. The molecule has 1 nitrogen and oxygen atoms in total. The van der Waals surface area contributed by atoms with Crippen LogP contribution in [-0.4, -0.2) is 6.29 Å². The fourth-order valence-electron chi connectivity index (χ4n) is 0.710. The van der Waals surface area contributed by atoms with Crippen LogP contribution in [0, 0.1) is 0 Å². The summed E-state index contributed by atoms with van der Waals surface area (Å²) in [7, 11) is 9.47. The van der Waals surface area contributed by atoms with Crippen LogP contribution >= 0.6 is 20.3 Å². The maximum atomic E-state index is 9.97. The van der Waals surface area contributed by atoms with Gasteiger partial charge in [0.05, 0.1) is 0 Å². The van der Waals surface area contributed by atoms with Crippen molar-refractivity contribution in [2.45, 2.75) is 6.42 Å². The quantitative estimate of drug-likeness (QED) is 0.737. The van der Waals surface area contributed by atoms with Crippen LogP contribution in [0.2, 0.25) is 0 Å². The van der Waals surface area contributed by atoms with Gasteiger partial charge in [-0.25, -0.2) is 0 Å². The van der Waals surface area contributed by atoms with Crippen LogP contribution in [0.15, 0.2) is 30.3 Å². The Labute approximate surface area is 86.5 Å². The van der Waals surface area contributed by atoms with Crippen molar-refractivity contribution in [3.8, 4) is 0 Å². The Bertz CT molecular complexity index is 203. The summed E-state index contributed by atoms with van der Waals surface area (Å²) in [4.78, 5) is 9.97. The molecule has 0 radical (unpaired) electrons. The minimum absolute atomic E-state index is 0.382. The van der Waals surface area contributed by atoms with E-state index in [1.54, 1.807) is 0 Å². The number of halogens is 2. The predicted molar refractivity (Wildman–Crippen MR) is 47.9 cm³/mol. The number of aldehydes is 1. The molecule has 0 bridgehead atoms. The average Bonchev–Trinajstić information content (AvgIpc) is 2.08. The molecule has 0 fully saturated rings. The van der Waals surface area contributed by atoms with Gasteiger partial charge in [0.2, 0.25) is 0 Å². The van der Waals surface area contributed by atoms with Crippen LogP contribution in [0.5, 0.6) is 0 Å². The molecular weight excluding hydrogens is 242 g/mol. The van der Waals surface area contributed by atoms with Crippen molar-refractivity contribution in [2.24, 2.45) is 0 Å². The fraction of sp³-hybridized carbons (Fsp3) is 0.125. The van der Waals surface area contributed by atoms with E-state index in [9.17, 15) is 4.79 Å². The third kappa shape index (κ3) is 6.67. The molecule has 1 rings (SSSR count). The number of hydrogen-bond acceptors (Lipinski definition) is 1. The summed E-state index contributed by atoms with van der Waals surface area (Å²) >= 11 is 0.382. The van der Waals surface area contributed by atoms with Crippen LogP contribution in [-0.2, 0) is 24.1 Å². The van der Waals surface area contributed by atoms with Crippen molar-refractivity contribution in [1.82, 2.24) is 0 Å². The second-order valence-electron chi connectivity index (χ2n) is 1.90. The van der Waals surface area contributed by atoms with Gasteiger partial charge in [0.1, 0.15) is 6.29 Å². The number of carbonyl (C=O) groups excluding carboxylic acids is 1. The van der Waals surface area contributed by atoms with E-state index in [4.69, 9.17) is 20.3 Å². The summed E-state index contributed by atoms with van der Waals surface area (Å²) < 4.78 is 0. The minimum atomic E-state index is 0.382. The normalized spacial score (nSPS) is 8.50. The summed E-state index contributed by atoms with van der Waals surface area (Å²) in [5, 5.41) is 0. The topological polar surface area (TPSA) is 17.1 Å². The third-order valence-corrected chi connectivity index (χ3v) is 1.16. The van der Waals surface area contributed by atoms with Gasteiger partial charge in [-0.05, 0) is 5.56 Å². The number of benzene rings is 1. The van der Waals surface area contributed by atoms with Crippen molar-refractivity contribution in [3.05, 3.63) is 35.9 Å². The first-order valence-electron chi connectivity index (χ1n) is 3.16. The molecule has 0 saturated carbocycles. The maximum absolute atomic E-state index is 9.97. The van der Waals surface area contributed by atoms with E-state index in [1.165, 1.54) is 0 Å². The molecule has 4 heteroatoms. The molecule has 0 aliphatic rings. The Kier molecular flexibility index (Phi) is 9.05. The van der Waals surface area contributed by atoms with Gasteiger partial charge in [0, 0.05) is 6.42 Å². The van der Waals surface area contributed by atoms with Crippen LogP contribution in [0.4, 0.5) is 0 Å². The molecule has 69 valence electrons. The van der Waals surface area contributed by atoms with Gasteiger partial charge < -0.3 is 4.79 Å². The molecule has 0 aliphatic heterocycles. The standard InChI is InChI=1S/C8H8O.2ClH.Co/c9-7-6-8-4-2-1-3-5-8;;;/h1-5,7H,6H2;2*1H;/q;;;+2/p-2. The second-order valence-corrected chi connectivity index (χ2v) is 3.62. The van der Waals surface area contributed by atoms with Crippen molar-refractivity contribution in [3.63, 3.8) is 0 Å². The van der Waals surface area contributed by atoms with Crippen molar-refractivity contribution in [1.29, 1.82) is 0 Å². The van der Waals surface area contributed by atoms with E-state index in [1.807, 2.05) is 30.3 Å². The van der Waals surface area contributed by atoms with Gasteiger partial charge in [-0.1, -0.05) is 30.3 Å². The molecule has 0 heterocycles. The van der Waals surface area contributed by atoms with E-state index in [0.717, 1.165) is 11.8 Å². The van der Waals surface area contributed by atoms with E-state index in [2.05, 4.69) is 0 Å². The predicted octanol–water partition coefficient (Wildman–Crippen LogP) is 2.80. The van der Waals surface area contributed by atoms with Gasteiger partial charge in [-0.2, -0.15) is 0 Å². The Hall–Kier alpha value is -0.0235. The molecule has 0 spiro atoms. The molecule has 0 aromatic heterocycles. The first-order valence-corrected chi connectivity index (χ1v) is 6.02. The number of rotatable bonds is 2. The third-order valence-electron chi connectivity index (χ3n) is 1.16. The monoisotopic (exact) mass is 249 g/mol. The molecule has 0 atom stereocenters. The Balaban J connectivity index is 0.000000354. The average molecular weight is 250 g/mol. The van der Waals surface area contributed by atoms with Crippen LogP contribution < -0.4 is 0 Å². The van der Waals surface area contributed by atoms with Gasteiger partial charge in [0.15, 0.2) is 0 Å². The number of hydrogen-bond donors (Lipinski definition) is 0. The molecule has 0 unspecified atom stereocenters. The molecule has 0 amide bonds. The van der Waals surface area contributed by atoms with Gasteiger partial charge in [0.25, 0.3) is 0 Å². The summed E-state index contributed by atoms with van der Waals surface area (Å²) in [6, 6.07) is 9.68. The van der Waals surface area contributed by atoms with E-state index in [-0.39, 0.29) is 0 Å². The SMILES string of the molecule is O=CCc1ccccc1.[Cl][Co][Cl]. The molecule has 0 saturated heterocycles. The Morgan fingerprint density at radius 2 is 1.75 bits per heavy atom. The first-order chi connectivity index (χ1) is 5.85. The fourth-order valence-corrected chi connectivity index (χ4v) is 0.710. The van der Waals surface area contributed by atoms with Gasteiger partial charge >= 0.3 is 33.2 Å². The van der Waals surface area contributed by atoms with Crippen molar-refractivity contribution >= 4 is 26.6 Å². The van der Waals surface area contributed by atoms with Gasteiger partial charge in [-0.3, -0.25) is 0 Å². The Morgan fingerprint density at radius 3 is 2.17 bits per heavy atom. The summed E-state index contributed by atoms with van der Waals surface area (Å²) in [6.45, 7) is 0. The zero-order chi connectivity index (χ0) is 9.23. The van der Waals surface area contributed by atoms with E-state index < -0.39 is 0 Å². The second kappa shape index (κ2) is 9.07. The zero-order valence-electron chi connectivity index (χ0n) is 6.17. The van der Waals surface area contributed by atoms with Crippen molar-refractivity contribution < 1.29 is 17.7 Å². The Morgan fingerprint density at radius 1 is 1.25 bits per heavy atom. The molecular formula is C8H8Cl2CoO. The zero-order valence-corrected chi connectivity index (χ0v) is 8.72. The van der Waals surface area contributed by atoms with Crippen LogP contribution in [0.3, 0.4) is 0 Å². The molecule has 0 N–H and O–H groups in total. The molecule has 0 aliphatic carbocycles. The number of carbonyl (C=O) groups is 1. The molecule has 12 heavy (non-hydrogen) atoms. The summed E-state index contributed by atoms with van der Waals surface area (Å²) in [6.07, 6.45) is 1.44. The van der Waals surface area contributed by atoms with Crippen LogP contribution in [0.1, 0.15) is 5.56 Å².